The molecule has 0 spiro atoms. The van der Waals surface area contributed by atoms with E-state index in [1.165, 1.54) is 29.7 Å². The second-order valence-electron chi connectivity index (χ2n) is 11.2. The van der Waals surface area contributed by atoms with Crippen molar-refractivity contribution in [1.29, 1.82) is 0 Å². The molecular weight excluding hydrogens is 518 g/mol. The third kappa shape index (κ3) is 6.32. The summed E-state index contributed by atoms with van der Waals surface area (Å²) in [6.45, 7) is 2.41. The average molecular weight is 558 g/mol. The minimum atomic E-state index is -0.920. The number of aromatic nitrogens is 1. The normalized spacial score (nSPS) is 19.1. The van der Waals surface area contributed by atoms with E-state index in [4.69, 9.17) is 14.6 Å². The first-order valence-electron chi connectivity index (χ1n) is 14.5. The summed E-state index contributed by atoms with van der Waals surface area (Å²) in [7, 11) is 3.27. The Labute approximate surface area is 241 Å². The second kappa shape index (κ2) is 12.6. The number of ether oxygens (including phenoxy) is 2. The maximum atomic E-state index is 12.8. The maximum Gasteiger partial charge on any atom is 0.305 e. The highest BCUT2D eigenvalue weighted by atomic mass is 16.5. The van der Waals surface area contributed by atoms with E-state index < -0.39 is 5.97 Å². The highest BCUT2D eigenvalue weighted by Gasteiger charge is 2.41. The van der Waals surface area contributed by atoms with Crippen LogP contribution in [0.15, 0.2) is 60.8 Å². The van der Waals surface area contributed by atoms with Crippen molar-refractivity contribution in [2.45, 2.75) is 63.5 Å². The van der Waals surface area contributed by atoms with Crippen molar-refractivity contribution in [3.05, 3.63) is 71.9 Å². The second-order valence-corrected chi connectivity index (χ2v) is 11.2. The molecule has 0 radical (unpaired) electrons. The lowest BCUT2D eigenvalue weighted by molar-refractivity contribution is -0.137. The fourth-order valence-electron chi connectivity index (χ4n) is 6.21. The smallest absolute Gasteiger partial charge is 0.305 e. The molecule has 0 bridgehead atoms. The number of rotatable bonds is 10. The minimum absolute atomic E-state index is 0.0393. The van der Waals surface area contributed by atoms with Crippen LogP contribution < -0.4 is 14.8 Å². The van der Waals surface area contributed by atoms with Crippen molar-refractivity contribution in [2.75, 3.05) is 26.0 Å². The highest BCUT2D eigenvalue weighted by Crippen LogP contribution is 2.45. The predicted octanol–water partition coefficient (Wildman–Crippen LogP) is 6.23. The molecule has 1 aliphatic carbocycles. The fourth-order valence-corrected chi connectivity index (χ4v) is 6.21. The lowest BCUT2D eigenvalue weighted by atomic mass is 9.78. The molecule has 2 heterocycles. The fraction of sp³-hybridized carbons (Fsp3) is 0.424. The summed E-state index contributed by atoms with van der Waals surface area (Å²) in [5.41, 5.74) is 4.68. The van der Waals surface area contributed by atoms with Gasteiger partial charge >= 0.3 is 5.97 Å². The van der Waals surface area contributed by atoms with Gasteiger partial charge in [-0.1, -0.05) is 32.3 Å². The molecule has 1 saturated carbocycles. The van der Waals surface area contributed by atoms with Crippen LogP contribution in [0.25, 0.3) is 11.1 Å². The summed E-state index contributed by atoms with van der Waals surface area (Å²) in [5.74, 6) is 1.07. The van der Waals surface area contributed by atoms with Crippen LogP contribution in [-0.4, -0.2) is 59.7 Å². The number of fused-ring (bicyclic) bond motifs is 1. The molecule has 8 nitrogen and oxygen atoms in total. The van der Waals surface area contributed by atoms with Gasteiger partial charge < -0.3 is 24.8 Å². The minimum Gasteiger partial charge on any atom is -0.487 e. The van der Waals surface area contributed by atoms with Gasteiger partial charge in [-0.2, -0.15) is 0 Å². The zero-order valence-corrected chi connectivity index (χ0v) is 24.0. The van der Waals surface area contributed by atoms with E-state index in [2.05, 4.69) is 35.4 Å². The van der Waals surface area contributed by atoms with Gasteiger partial charge in [-0.3, -0.25) is 9.59 Å². The van der Waals surface area contributed by atoms with Crippen molar-refractivity contribution in [3.63, 3.8) is 0 Å². The number of carbonyl (C=O) groups is 2. The van der Waals surface area contributed by atoms with Gasteiger partial charge in [0.25, 0.3) is 5.91 Å². The third-order valence-electron chi connectivity index (χ3n) is 8.52. The van der Waals surface area contributed by atoms with E-state index in [0.29, 0.717) is 17.4 Å². The number of benzene rings is 2. The van der Waals surface area contributed by atoms with Crippen LogP contribution in [0.5, 0.6) is 11.6 Å². The van der Waals surface area contributed by atoms with Crippen molar-refractivity contribution in [2.24, 2.45) is 5.92 Å². The van der Waals surface area contributed by atoms with Gasteiger partial charge in [0, 0.05) is 48.1 Å². The molecule has 216 valence electrons. The first-order chi connectivity index (χ1) is 19.9. The number of hydrogen-bond acceptors (Lipinski definition) is 6. The molecular formula is C33H39N3O5. The van der Waals surface area contributed by atoms with Crippen LogP contribution in [0.2, 0.25) is 0 Å². The zero-order valence-electron chi connectivity index (χ0n) is 24.0. The Morgan fingerprint density at radius 2 is 1.88 bits per heavy atom. The Bertz CT molecular complexity index is 1370. The molecule has 1 fully saturated rings. The number of nitrogens with zero attached hydrogens (tertiary/aromatic N) is 2. The molecule has 5 rings (SSSR count). The number of methoxy groups -OCH3 is 1. The van der Waals surface area contributed by atoms with Crippen LogP contribution in [-0.2, 0) is 4.79 Å². The highest BCUT2D eigenvalue weighted by molar-refractivity contribution is 5.94. The van der Waals surface area contributed by atoms with E-state index in [1.54, 1.807) is 32.5 Å². The Hall–Kier alpha value is -4.07. The van der Waals surface area contributed by atoms with E-state index in [1.807, 2.05) is 24.3 Å². The van der Waals surface area contributed by atoms with Gasteiger partial charge in [-0.25, -0.2) is 4.98 Å². The van der Waals surface area contributed by atoms with Gasteiger partial charge in [0.05, 0.1) is 19.6 Å². The topological polar surface area (TPSA) is 101 Å². The molecule has 3 aromatic rings. The summed E-state index contributed by atoms with van der Waals surface area (Å²) >= 11 is 0. The summed E-state index contributed by atoms with van der Waals surface area (Å²) in [5, 5.41) is 12.7. The summed E-state index contributed by atoms with van der Waals surface area (Å²) in [6.07, 6.45) is 7.64. The molecule has 3 unspecified atom stereocenters. The van der Waals surface area contributed by atoms with Gasteiger partial charge in [0.15, 0.2) is 0 Å². The van der Waals surface area contributed by atoms with E-state index >= 15 is 0 Å². The number of amides is 1. The van der Waals surface area contributed by atoms with Crippen molar-refractivity contribution >= 4 is 17.6 Å². The van der Waals surface area contributed by atoms with Crippen molar-refractivity contribution in [3.8, 4) is 22.8 Å². The van der Waals surface area contributed by atoms with Gasteiger partial charge in [0.1, 0.15) is 11.9 Å². The molecule has 2 aromatic carbocycles. The number of nitrogens with one attached hydrogen (secondary N) is 1. The van der Waals surface area contributed by atoms with Gasteiger partial charge in [-0.05, 0) is 72.9 Å². The Morgan fingerprint density at radius 3 is 2.59 bits per heavy atom. The van der Waals surface area contributed by atoms with E-state index in [0.717, 1.165) is 35.4 Å². The first kappa shape index (κ1) is 28.5. The van der Waals surface area contributed by atoms with Crippen LogP contribution >= 0.6 is 0 Å². The molecule has 2 N–H and O–H groups in total. The monoisotopic (exact) mass is 557 g/mol. The molecule has 41 heavy (non-hydrogen) atoms. The van der Waals surface area contributed by atoms with E-state index in [9.17, 15) is 9.59 Å². The number of pyridine rings is 1. The van der Waals surface area contributed by atoms with Crippen LogP contribution in [0, 0.1) is 5.92 Å². The Balaban J connectivity index is 1.36. The lowest BCUT2D eigenvalue weighted by Crippen LogP contribution is -2.44. The number of hydrogen-bond donors (Lipinski definition) is 2. The lowest BCUT2D eigenvalue weighted by Gasteiger charge is -2.36. The molecule has 1 aliphatic heterocycles. The number of aliphatic carboxylic acids is 1. The molecule has 1 amide bonds. The average Bonchev–Trinajstić information content (AvgIpc) is 3.34. The number of carboxylic acids is 1. The van der Waals surface area contributed by atoms with Crippen LogP contribution in [0.1, 0.15) is 67.3 Å². The standard InChI is InChI=1S/C33H39N3O5/c1-21-27-20-24(26-10-7-18-34-32(26)40-3)13-16-28(27)41-31(21)30(22-8-5-4-6-9-22)35-25-14-11-23(12-15-25)33(39)36(2)19-17-29(37)38/h7,10-16,18,20-22,30-31,35H,4-6,8-9,17,19H2,1-3H3,(H,37,38). The molecule has 2 aliphatic rings. The SMILES string of the molecule is COc1ncccc1-c1ccc2c(c1)C(C)C(C(Nc1ccc(C(=O)N(C)CCC(=O)O)cc1)C1CCCCC1)O2. The third-order valence-corrected chi connectivity index (χ3v) is 8.52. The Morgan fingerprint density at radius 1 is 1.12 bits per heavy atom. The first-order valence-corrected chi connectivity index (χ1v) is 14.5. The summed E-state index contributed by atoms with van der Waals surface area (Å²) in [6, 6.07) is 17.9. The van der Waals surface area contributed by atoms with E-state index in [-0.39, 0.29) is 36.9 Å². The quantitative estimate of drug-likeness (QED) is 0.305. The molecule has 8 heteroatoms. The number of carbonyl (C=O) groups excluding carboxylic acids is 1. The molecule has 0 saturated heterocycles. The Kier molecular flexibility index (Phi) is 8.76. The van der Waals surface area contributed by atoms with Crippen molar-refractivity contribution < 1.29 is 24.2 Å². The van der Waals surface area contributed by atoms with Gasteiger partial charge in [-0.15, -0.1) is 0 Å². The molecule has 1 aromatic heterocycles. The van der Waals surface area contributed by atoms with Crippen molar-refractivity contribution in [1.82, 2.24) is 9.88 Å². The molecule has 3 atom stereocenters. The summed E-state index contributed by atoms with van der Waals surface area (Å²) < 4.78 is 12.2. The summed E-state index contributed by atoms with van der Waals surface area (Å²) in [4.78, 5) is 29.5. The van der Waals surface area contributed by atoms with Crippen LogP contribution in [0.4, 0.5) is 5.69 Å². The largest absolute Gasteiger partial charge is 0.487 e. The maximum absolute atomic E-state index is 12.8. The number of carboxylic acid groups (broad SMARTS) is 1. The van der Waals surface area contributed by atoms with Crippen LogP contribution in [0.3, 0.4) is 0 Å². The predicted molar refractivity (Wildman–Crippen MR) is 159 cm³/mol. The van der Waals surface area contributed by atoms with Gasteiger partial charge in [0.2, 0.25) is 5.88 Å². The number of anilines is 1. The zero-order chi connectivity index (χ0) is 28.9.